The first-order valence-corrected chi connectivity index (χ1v) is 4.60. The average Bonchev–Trinajstić information content (AvgIpc) is 2.25. The summed E-state index contributed by atoms with van der Waals surface area (Å²) in [5, 5.41) is 28.2. The summed E-state index contributed by atoms with van der Waals surface area (Å²) in [5.41, 5.74) is -0.548. The number of benzene rings is 1. The number of rotatable bonds is 1. The van der Waals surface area contributed by atoms with Gasteiger partial charge in [0.1, 0.15) is 11.5 Å². The maximum atomic E-state index is 11.8. The second-order valence-electron chi connectivity index (χ2n) is 3.43. The van der Waals surface area contributed by atoms with Crippen LogP contribution >= 0.6 is 0 Å². The summed E-state index contributed by atoms with van der Waals surface area (Å²) in [6, 6.07) is 1.93. The molecular weight excluding hydrogens is 228 g/mol. The second kappa shape index (κ2) is 3.51. The van der Waals surface area contributed by atoms with Crippen molar-refractivity contribution in [2.45, 2.75) is 0 Å². The van der Waals surface area contributed by atoms with Crippen LogP contribution in [0, 0.1) is 0 Å². The van der Waals surface area contributed by atoms with E-state index in [2.05, 4.69) is 4.74 Å². The van der Waals surface area contributed by atoms with Crippen LogP contribution in [0.5, 0.6) is 11.5 Å². The molecule has 1 aliphatic rings. The molecule has 0 saturated heterocycles. The van der Waals surface area contributed by atoms with Crippen molar-refractivity contribution < 1.29 is 29.6 Å². The summed E-state index contributed by atoms with van der Waals surface area (Å²) in [7, 11) is 1.12. The zero-order valence-corrected chi connectivity index (χ0v) is 8.72. The molecule has 0 spiro atoms. The largest absolute Gasteiger partial charge is 0.508 e. The van der Waals surface area contributed by atoms with E-state index in [1.807, 2.05) is 0 Å². The monoisotopic (exact) mass is 236 g/mol. The summed E-state index contributed by atoms with van der Waals surface area (Å²) in [4.78, 5) is 23.5. The van der Waals surface area contributed by atoms with Crippen molar-refractivity contribution in [1.82, 2.24) is 0 Å². The van der Waals surface area contributed by atoms with Crippen molar-refractivity contribution in [1.29, 1.82) is 0 Å². The highest BCUT2D eigenvalue weighted by Crippen LogP contribution is 2.34. The second-order valence-corrected chi connectivity index (χ2v) is 3.43. The number of carbonyl (C=O) groups is 2. The zero-order valence-electron chi connectivity index (χ0n) is 8.72. The number of ketones is 2. The molecule has 88 valence electrons. The Morgan fingerprint density at radius 1 is 1.06 bits per heavy atom. The molecule has 0 saturated carbocycles. The van der Waals surface area contributed by atoms with Gasteiger partial charge >= 0.3 is 0 Å². The number of ether oxygens (including phenoxy) is 1. The van der Waals surface area contributed by atoms with Crippen LogP contribution in [-0.2, 0) is 4.74 Å². The number of hydrogen-bond donors (Lipinski definition) is 3. The minimum Gasteiger partial charge on any atom is -0.508 e. The first kappa shape index (κ1) is 11.0. The summed E-state index contributed by atoms with van der Waals surface area (Å²) in [6.07, 6.45) is 0. The van der Waals surface area contributed by atoms with E-state index >= 15 is 0 Å². The standard InChI is InChI=1S/C11H8O6/c1-17-11-9(15)7-5(8(14)10(11)16)2-4(12)3-6(7)13/h2-3,12-13,16H,1H3. The molecule has 1 aromatic rings. The smallest absolute Gasteiger partial charge is 0.236 e. The van der Waals surface area contributed by atoms with E-state index in [9.17, 15) is 24.9 Å². The maximum Gasteiger partial charge on any atom is 0.236 e. The van der Waals surface area contributed by atoms with E-state index in [-0.39, 0.29) is 16.9 Å². The predicted octanol–water partition coefficient (Wildman–Crippen LogP) is 0.893. The number of aromatic hydroxyl groups is 2. The minimum atomic E-state index is -0.886. The number of Topliss-reactive ketones (excluding diaryl/α,β-unsaturated/α-hetero) is 2. The van der Waals surface area contributed by atoms with Gasteiger partial charge in [0, 0.05) is 11.6 Å². The maximum absolute atomic E-state index is 11.8. The van der Waals surface area contributed by atoms with Crippen LogP contribution < -0.4 is 0 Å². The van der Waals surface area contributed by atoms with Crippen LogP contribution in [0.3, 0.4) is 0 Å². The summed E-state index contributed by atoms with van der Waals surface area (Å²) in [5.74, 6) is -3.98. The zero-order chi connectivity index (χ0) is 12.7. The van der Waals surface area contributed by atoms with Crippen LogP contribution in [0.2, 0.25) is 0 Å². The van der Waals surface area contributed by atoms with Gasteiger partial charge in [0.2, 0.25) is 23.1 Å². The molecule has 2 rings (SSSR count). The summed E-state index contributed by atoms with van der Waals surface area (Å²) >= 11 is 0. The van der Waals surface area contributed by atoms with Crippen molar-refractivity contribution in [3.8, 4) is 11.5 Å². The van der Waals surface area contributed by atoms with Gasteiger partial charge in [-0.05, 0) is 6.07 Å². The molecule has 0 radical (unpaired) electrons. The van der Waals surface area contributed by atoms with Crippen molar-refractivity contribution in [2.75, 3.05) is 7.11 Å². The van der Waals surface area contributed by atoms with E-state index in [0.29, 0.717) is 0 Å². The van der Waals surface area contributed by atoms with Crippen molar-refractivity contribution in [3.63, 3.8) is 0 Å². The van der Waals surface area contributed by atoms with Gasteiger partial charge in [-0.2, -0.15) is 0 Å². The number of carbonyl (C=O) groups excluding carboxylic acids is 2. The Hall–Kier alpha value is -2.50. The number of phenols is 2. The number of allylic oxidation sites excluding steroid dienone is 2. The quantitative estimate of drug-likeness (QED) is 0.669. The molecular formula is C11H8O6. The molecule has 6 nitrogen and oxygen atoms in total. The highest BCUT2D eigenvalue weighted by molar-refractivity contribution is 6.26. The van der Waals surface area contributed by atoms with Gasteiger partial charge < -0.3 is 20.1 Å². The number of aliphatic hydroxyl groups is 1. The Bertz CT molecular complexity index is 570. The normalized spacial score (nSPS) is 14.9. The van der Waals surface area contributed by atoms with Crippen LogP contribution in [0.15, 0.2) is 23.7 Å². The predicted molar refractivity (Wildman–Crippen MR) is 55.1 cm³/mol. The van der Waals surface area contributed by atoms with E-state index in [4.69, 9.17) is 0 Å². The van der Waals surface area contributed by atoms with Gasteiger partial charge in [0.15, 0.2) is 0 Å². The van der Waals surface area contributed by atoms with Gasteiger partial charge in [-0.15, -0.1) is 0 Å². The van der Waals surface area contributed by atoms with Gasteiger partial charge in [0.25, 0.3) is 0 Å². The van der Waals surface area contributed by atoms with Crippen molar-refractivity contribution in [3.05, 3.63) is 34.8 Å². The lowest BCUT2D eigenvalue weighted by Gasteiger charge is -2.17. The average molecular weight is 236 g/mol. The lowest BCUT2D eigenvalue weighted by molar-refractivity contribution is 0.0852. The van der Waals surface area contributed by atoms with Crippen LogP contribution in [-0.4, -0.2) is 34.0 Å². The summed E-state index contributed by atoms with van der Waals surface area (Å²) < 4.78 is 4.61. The number of hydrogen-bond acceptors (Lipinski definition) is 6. The SMILES string of the molecule is COC1=C(O)C(=O)c2cc(O)cc(O)c2C1=O. The van der Waals surface area contributed by atoms with Gasteiger partial charge in [-0.1, -0.05) is 0 Å². The van der Waals surface area contributed by atoms with Crippen molar-refractivity contribution >= 4 is 11.6 Å². The number of phenolic OH excluding ortho intramolecular Hbond substituents is 2. The number of fused-ring (bicyclic) bond motifs is 1. The molecule has 0 heterocycles. The first-order chi connectivity index (χ1) is 7.97. The third-order valence-electron chi connectivity index (χ3n) is 2.41. The molecule has 0 aromatic heterocycles. The Balaban J connectivity index is 2.77. The Labute approximate surface area is 95.4 Å². The van der Waals surface area contributed by atoms with Crippen molar-refractivity contribution in [2.24, 2.45) is 0 Å². The van der Waals surface area contributed by atoms with Gasteiger partial charge in [-0.25, -0.2) is 0 Å². The third kappa shape index (κ3) is 1.42. The summed E-state index contributed by atoms with van der Waals surface area (Å²) in [6.45, 7) is 0. The number of aliphatic hydroxyl groups excluding tert-OH is 1. The fraction of sp³-hybridized carbons (Fsp3) is 0.0909. The third-order valence-corrected chi connectivity index (χ3v) is 2.41. The first-order valence-electron chi connectivity index (χ1n) is 4.60. The fourth-order valence-electron chi connectivity index (χ4n) is 1.67. The Morgan fingerprint density at radius 2 is 1.71 bits per heavy atom. The Kier molecular flexibility index (Phi) is 2.27. The van der Waals surface area contributed by atoms with Crippen LogP contribution in [0.25, 0.3) is 0 Å². The molecule has 0 bridgehead atoms. The number of methoxy groups -OCH3 is 1. The molecule has 1 aliphatic carbocycles. The molecule has 0 amide bonds. The van der Waals surface area contributed by atoms with Crippen LogP contribution in [0.1, 0.15) is 20.7 Å². The van der Waals surface area contributed by atoms with E-state index in [0.717, 1.165) is 19.2 Å². The Morgan fingerprint density at radius 3 is 2.29 bits per heavy atom. The van der Waals surface area contributed by atoms with Crippen LogP contribution in [0.4, 0.5) is 0 Å². The van der Waals surface area contributed by atoms with E-state index < -0.39 is 28.8 Å². The van der Waals surface area contributed by atoms with E-state index in [1.54, 1.807) is 0 Å². The molecule has 17 heavy (non-hydrogen) atoms. The molecule has 0 unspecified atom stereocenters. The highest BCUT2D eigenvalue weighted by atomic mass is 16.5. The minimum absolute atomic E-state index is 0.259. The lowest BCUT2D eigenvalue weighted by atomic mass is 9.91. The lowest BCUT2D eigenvalue weighted by Crippen LogP contribution is -2.23. The van der Waals surface area contributed by atoms with Gasteiger partial charge in [-0.3, -0.25) is 9.59 Å². The topological polar surface area (TPSA) is 104 Å². The highest BCUT2D eigenvalue weighted by Gasteiger charge is 2.36. The molecule has 3 N–H and O–H groups in total. The molecule has 0 atom stereocenters. The van der Waals surface area contributed by atoms with E-state index in [1.165, 1.54) is 0 Å². The molecule has 1 aromatic carbocycles. The fourth-order valence-corrected chi connectivity index (χ4v) is 1.67. The van der Waals surface area contributed by atoms with Gasteiger partial charge in [0.05, 0.1) is 12.7 Å². The molecule has 0 fully saturated rings. The molecule has 6 heteroatoms. The molecule has 0 aliphatic heterocycles.